The summed E-state index contributed by atoms with van der Waals surface area (Å²) >= 11 is 0. The van der Waals surface area contributed by atoms with Crippen LogP contribution in [0.15, 0.2) is 12.7 Å². The molecule has 0 aliphatic rings. The van der Waals surface area contributed by atoms with Crippen molar-refractivity contribution in [1.29, 1.82) is 0 Å². The second-order valence-corrected chi connectivity index (χ2v) is 1.50. The molecule has 0 atom stereocenters. The van der Waals surface area contributed by atoms with Gasteiger partial charge in [-0.15, -0.1) is 6.58 Å². The predicted octanol–water partition coefficient (Wildman–Crippen LogP) is 0.373. The highest BCUT2D eigenvalue weighted by atomic mass is 28.2. The van der Waals surface area contributed by atoms with Crippen LogP contribution < -0.4 is 0 Å². The molecule has 0 spiro atoms. The Bertz CT molecular complexity index is 36.2. The molecule has 0 aromatic carbocycles. The molecule has 0 radical (unpaired) electrons. The van der Waals surface area contributed by atoms with Crippen molar-refractivity contribution in [3.05, 3.63) is 12.7 Å². The van der Waals surface area contributed by atoms with E-state index in [-0.39, 0.29) is 0 Å². The van der Waals surface area contributed by atoms with Gasteiger partial charge in [-0.25, -0.2) is 0 Å². The molecule has 0 aromatic rings. The predicted molar refractivity (Wildman–Crippen MR) is 22.8 cm³/mol. The lowest BCUT2D eigenvalue weighted by atomic mass is 10.8. The summed E-state index contributed by atoms with van der Waals surface area (Å²) < 4.78 is 9.54. The van der Waals surface area contributed by atoms with Gasteiger partial charge in [0.25, 0.3) is 9.41 Å². The minimum absolute atomic E-state index is 0.582. The van der Waals surface area contributed by atoms with Crippen LogP contribution in [-0.4, -0.2) is 9.41 Å². The average Bonchev–Trinajstić information content (AvgIpc) is 1.41. The first-order valence-corrected chi connectivity index (χ1v) is 2.75. The van der Waals surface area contributed by atoms with Gasteiger partial charge in [0, 0.05) is 6.04 Å². The summed E-state index contributed by atoms with van der Waals surface area (Å²) in [6, 6.07) is 0.681. The van der Waals surface area contributed by atoms with E-state index in [9.17, 15) is 4.46 Å². The Labute approximate surface area is 33.6 Å². The molecular formula is C3H6OSi. The number of allylic oxidation sites excluding steroid dienone is 1. The molecule has 0 N–H and O–H groups in total. The van der Waals surface area contributed by atoms with Gasteiger partial charge in [-0.3, -0.25) is 0 Å². The van der Waals surface area contributed by atoms with Gasteiger partial charge in [0.15, 0.2) is 0 Å². The van der Waals surface area contributed by atoms with Gasteiger partial charge in [-0.1, -0.05) is 6.08 Å². The zero-order valence-corrected chi connectivity index (χ0v) is 4.13. The van der Waals surface area contributed by atoms with E-state index in [0.717, 1.165) is 0 Å². The van der Waals surface area contributed by atoms with Gasteiger partial charge in [-0.05, 0) is 0 Å². The Hall–Kier alpha value is -0.243. The fraction of sp³-hybridized carbons (Fsp3) is 0.333. The highest BCUT2D eigenvalue weighted by Crippen LogP contribution is 1.65. The number of hydrogen-bond acceptors (Lipinski definition) is 1. The van der Waals surface area contributed by atoms with Crippen LogP contribution in [0.25, 0.3) is 0 Å². The fourth-order valence-corrected chi connectivity index (χ4v) is 0.204. The summed E-state index contributed by atoms with van der Waals surface area (Å²) in [5, 5.41) is 0. The molecule has 0 rings (SSSR count). The topological polar surface area (TPSA) is 17.1 Å². The van der Waals surface area contributed by atoms with Crippen LogP contribution in [-0.2, 0) is 4.46 Å². The summed E-state index contributed by atoms with van der Waals surface area (Å²) in [5.41, 5.74) is 0. The summed E-state index contributed by atoms with van der Waals surface area (Å²) in [6.45, 7) is 3.37. The Kier molecular flexibility index (Phi) is 3.57. The van der Waals surface area contributed by atoms with Crippen LogP contribution in [0.3, 0.4) is 0 Å². The zero-order chi connectivity index (χ0) is 4.12. The molecular weight excluding hydrogens is 80.1 g/mol. The van der Waals surface area contributed by atoms with E-state index in [1.807, 2.05) is 0 Å². The van der Waals surface area contributed by atoms with Crippen molar-refractivity contribution in [2.75, 3.05) is 0 Å². The van der Waals surface area contributed by atoms with Gasteiger partial charge in [0.2, 0.25) is 0 Å². The third-order valence-corrected chi connectivity index (χ3v) is 0.789. The van der Waals surface area contributed by atoms with E-state index in [1.165, 1.54) is 0 Å². The molecule has 0 unspecified atom stereocenters. The van der Waals surface area contributed by atoms with Gasteiger partial charge in [0.05, 0.1) is 0 Å². The van der Waals surface area contributed by atoms with Crippen LogP contribution in [0.4, 0.5) is 0 Å². The van der Waals surface area contributed by atoms with Crippen LogP contribution in [0.5, 0.6) is 0 Å². The zero-order valence-electron chi connectivity index (χ0n) is 2.98. The second-order valence-electron chi connectivity index (χ2n) is 0.691. The van der Waals surface area contributed by atoms with Crippen LogP contribution in [0, 0.1) is 0 Å². The first kappa shape index (κ1) is 4.76. The number of rotatable bonds is 2. The Balaban J connectivity index is 2.65. The summed E-state index contributed by atoms with van der Waals surface area (Å²) in [7, 11) is -0.582. The first-order chi connectivity index (χ1) is 2.41. The fourth-order valence-electron chi connectivity index (χ4n) is 0.0680. The average molecular weight is 86.2 g/mol. The van der Waals surface area contributed by atoms with Crippen molar-refractivity contribution in [2.45, 2.75) is 6.04 Å². The SMILES string of the molecule is C=CC[SiH]=O. The molecule has 28 valence electrons. The van der Waals surface area contributed by atoms with Crippen molar-refractivity contribution in [3.8, 4) is 0 Å². The molecule has 2 heteroatoms. The first-order valence-electron chi connectivity index (χ1n) is 1.46. The highest BCUT2D eigenvalue weighted by molar-refractivity contribution is 6.17. The van der Waals surface area contributed by atoms with E-state index in [0.29, 0.717) is 6.04 Å². The summed E-state index contributed by atoms with van der Waals surface area (Å²) in [6.07, 6.45) is 1.66. The molecule has 0 fully saturated rings. The maximum absolute atomic E-state index is 9.54. The highest BCUT2D eigenvalue weighted by Gasteiger charge is 1.62. The Morgan fingerprint density at radius 2 is 2.60 bits per heavy atom. The maximum Gasteiger partial charge on any atom is 0.265 e. The minimum Gasteiger partial charge on any atom is -0.392 e. The van der Waals surface area contributed by atoms with E-state index >= 15 is 0 Å². The second kappa shape index (κ2) is 3.76. The van der Waals surface area contributed by atoms with Crippen LogP contribution in [0.1, 0.15) is 0 Å². The molecule has 5 heavy (non-hydrogen) atoms. The van der Waals surface area contributed by atoms with Gasteiger partial charge >= 0.3 is 0 Å². The molecule has 0 aliphatic heterocycles. The smallest absolute Gasteiger partial charge is 0.265 e. The molecule has 1 nitrogen and oxygen atoms in total. The largest absolute Gasteiger partial charge is 0.392 e. The van der Waals surface area contributed by atoms with Gasteiger partial charge in [-0.2, -0.15) is 0 Å². The van der Waals surface area contributed by atoms with Gasteiger partial charge < -0.3 is 4.46 Å². The summed E-state index contributed by atoms with van der Waals surface area (Å²) in [4.78, 5) is 0. The molecule has 0 heterocycles. The molecule has 0 aliphatic carbocycles. The van der Waals surface area contributed by atoms with Crippen molar-refractivity contribution in [2.24, 2.45) is 0 Å². The van der Waals surface area contributed by atoms with Crippen LogP contribution >= 0.6 is 0 Å². The summed E-state index contributed by atoms with van der Waals surface area (Å²) in [5.74, 6) is 0. The van der Waals surface area contributed by atoms with E-state index in [1.54, 1.807) is 6.08 Å². The van der Waals surface area contributed by atoms with Crippen molar-refractivity contribution in [1.82, 2.24) is 0 Å². The van der Waals surface area contributed by atoms with Crippen molar-refractivity contribution in [3.63, 3.8) is 0 Å². The van der Waals surface area contributed by atoms with Gasteiger partial charge in [0.1, 0.15) is 0 Å². The van der Waals surface area contributed by atoms with E-state index in [4.69, 9.17) is 0 Å². The third kappa shape index (κ3) is 3.76. The quantitative estimate of drug-likeness (QED) is 0.350. The Morgan fingerprint density at radius 3 is 2.60 bits per heavy atom. The molecule has 0 saturated carbocycles. The molecule has 0 saturated heterocycles. The lowest BCUT2D eigenvalue weighted by Gasteiger charge is -1.57. The number of hydrogen-bond donors (Lipinski definition) is 0. The molecule has 0 aromatic heterocycles. The molecule has 0 amide bonds. The van der Waals surface area contributed by atoms with E-state index < -0.39 is 9.41 Å². The van der Waals surface area contributed by atoms with Crippen molar-refractivity contribution >= 4 is 9.41 Å². The lowest BCUT2D eigenvalue weighted by molar-refractivity contribution is 0.578. The maximum atomic E-state index is 9.54. The standard InChI is InChI=1S/C3H6OSi/c1-2-3-5-4/h2,5H,1,3H2. The normalized spacial score (nSPS) is 6.40. The van der Waals surface area contributed by atoms with Crippen LogP contribution in [0.2, 0.25) is 6.04 Å². The molecule has 0 bridgehead atoms. The minimum atomic E-state index is -0.582. The lowest BCUT2D eigenvalue weighted by Crippen LogP contribution is -1.60. The van der Waals surface area contributed by atoms with Crippen molar-refractivity contribution < 1.29 is 4.46 Å². The van der Waals surface area contributed by atoms with E-state index in [2.05, 4.69) is 6.58 Å². The Morgan fingerprint density at radius 1 is 2.00 bits per heavy atom. The third-order valence-electron chi connectivity index (χ3n) is 0.263. The monoisotopic (exact) mass is 86.0 g/mol.